The lowest BCUT2D eigenvalue weighted by atomic mass is 10.2. The molecule has 0 saturated heterocycles. The zero-order valence-corrected chi connectivity index (χ0v) is 10.3. The third kappa shape index (κ3) is 2.25. The van der Waals surface area contributed by atoms with Gasteiger partial charge in [-0.15, -0.1) is 0 Å². The van der Waals surface area contributed by atoms with E-state index in [2.05, 4.69) is 13.0 Å². The molecule has 0 aromatic heterocycles. The molecule has 0 bridgehead atoms. The molecule has 0 amide bonds. The van der Waals surface area contributed by atoms with Crippen molar-refractivity contribution in [3.63, 3.8) is 0 Å². The van der Waals surface area contributed by atoms with Crippen LogP contribution in [-0.4, -0.2) is 0 Å². The number of aryl methyl sites for hydroxylation is 1. The standard InChI is InChI=1S/C14H15OP/c1-2-12-8-6-7-11-14(12)16(15)13-9-4-3-5-10-13/h3-11,16H,2H2,1H3. The van der Waals surface area contributed by atoms with E-state index in [1.165, 1.54) is 5.56 Å². The summed E-state index contributed by atoms with van der Waals surface area (Å²) in [5.74, 6) is 0. The molecule has 0 saturated carbocycles. The fourth-order valence-corrected chi connectivity index (χ4v) is 3.40. The smallest absolute Gasteiger partial charge is 0.132 e. The minimum atomic E-state index is -1.84. The highest BCUT2D eigenvalue weighted by Crippen LogP contribution is 2.21. The zero-order chi connectivity index (χ0) is 11.4. The van der Waals surface area contributed by atoms with E-state index in [4.69, 9.17) is 0 Å². The van der Waals surface area contributed by atoms with Crippen LogP contribution in [0.3, 0.4) is 0 Å². The molecule has 1 unspecified atom stereocenters. The van der Waals surface area contributed by atoms with E-state index < -0.39 is 7.80 Å². The highest BCUT2D eigenvalue weighted by atomic mass is 31.1. The summed E-state index contributed by atoms with van der Waals surface area (Å²) >= 11 is 0. The van der Waals surface area contributed by atoms with Gasteiger partial charge in [0.15, 0.2) is 0 Å². The van der Waals surface area contributed by atoms with E-state index in [1.807, 2.05) is 48.5 Å². The molecule has 0 aliphatic heterocycles. The minimum Gasteiger partial charge on any atom is -0.317 e. The first-order valence-electron chi connectivity index (χ1n) is 5.50. The molecule has 0 heterocycles. The SMILES string of the molecule is CCc1ccccc1[PH](=O)c1ccccc1. The summed E-state index contributed by atoms with van der Waals surface area (Å²) in [7, 11) is -1.84. The average Bonchev–Trinajstić information content (AvgIpc) is 2.39. The topological polar surface area (TPSA) is 17.1 Å². The third-order valence-corrected chi connectivity index (χ3v) is 4.51. The molecule has 1 nitrogen and oxygen atoms in total. The molecule has 82 valence electrons. The van der Waals surface area contributed by atoms with Crippen molar-refractivity contribution in [3.05, 3.63) is 60.2 Å². The Bertz CT molecular complexity index is 491. The Balaban J connectivity index is 2.42. The van der Waals surface area contributed by atoms with Crippen molar-refractivity contribution in [2.75, 3.05) is 0 Å². The Morgan fingerprint density at radius 3 is 2.25 bits per heavy atom. The van der Waals surface area contributed by atoms with Gasteiger partial charge in [0.2, 0.25) is 0 Å². The highest BCUT2D eigenvalue weighted by molar-refractivity contribution is 7.61. The van der Waals surface area contributed by atoms with Crippen LogP contribution in [0.4, 0.5) is 0 Å². The van der Waals surface area contributed by atoms with E-state index in [1.54, 1.807) is 0 Å². The van der Waals surface area contributed by atoms with Crippen LogP contribution in [0, 0.1) is 0 Å². The fourth-order valence-electron chi connectivity index (χ4n) is 1.80. The van der Waals surface area contributed by atoms with Crippen molar-refractivity contribution in [1.29, 1.82) is 0 Å². The van der Waals surface area contributed by atoms with E-state index in [-0.39, 0.29) is 0 Å². The Morgan fingerprint density at radius 1 is 0.938 bits per heavy atom. The van der Waals surface area contributed by atoms with Crippen molar-refractivity contribution in [2.24, 2.45) is 0 Å². The number of benzene rings is 2. The number of hydrogen-bond donors (Lipinski definition) is 0. The zero-order valence-electron chi connectivity index (χ0n) is 9.31. The van der Waals surface area contributed by atoms with Gasteiger partial charge in [0.1, 0.15) is 7.80 Å². The van der Waals surface area contributed by atoms with Gasteiger partial charge in [-0.2, -0.15) is 0 Å². The maximum Gasteiger partial charge on any atom is 0.132 e. The second-order valence-corrected chi connectivity index (χ2v) is 5.48. The summed E-state index contributed by atoms with van der Waals surface area (Å²) in [6.07, 6.45) is 0.930. The van der Waals surface area contributed by atoms with Crippen LogP contribution in [-0.2, 0) is 11.0 Å². The predicted molar refractivity (Wildman–Crippen MR) is 70.5 cm³/mol. The van der Waals surface area contributed by atoms with Crippen LogP contribution in [0.1, 0.15) is 12.5 Å². The lowest BCUT2D eigenvalue weighted by Crippen LogP contribution is -2.10. The molecule has 1 atom stereocenters. The summed E-state index contributed by atoms with van der Waals surface area (Å²) in [6, 6.07) is 17.7. The second kappa shape index (κ2) is 5.14. The first-order chi connectivity index (χ1) is 7.83. The molecule has 0 N–H and O–H groups in total. The summed E-state index contributed by atoms with van der Waals surface area (Å²) in [4.78, 5) is 0. The number of hydrogen-bond acceptors (Lipinski definition) is 1. The lowest BCUT2D eigenvalue weighted by molar-refractivity contribution is 0.598. The summed E-state index contributed by atoms with van der Waals surface area (Å²) in [5.41, 5.74) is 1.19. The molecule has 2 heteroatoms. The van der Waals surface area contributed by atoms with E-state index >= 15 is 0 Å². The van der Waals surface area contributed by atoms with Crippen molar-refractivity contribution >= 4 is 18.4 Å². The van der Waals surface area contributed by atoms with Crippen LogP contribution < -0.4 is 10.6 Å². The van der Waals surface area contributed by atoms with E-state index in [0.29, 0.717) is 0 Å². The van der Waals surface area contributed by atoms with Crippen molar-refractivity contribution < 1.29 is 4.57 Å². The minimum absolute atomic E-state index is 0.930. The molecular formula is C14H15OP. The summed E-state index contributed by atoms with van der Waals surface area (Å²) < 4.78 is 12.4. The molecule has 2 rings (SSSR count). The summed E-state index contributed by atoms with van der Waals surface area (Å²) in [5, 5.41) is 1.94. The van der Waals surface area contributed by atoms with Gasteiger partial charge in [0.25, 0.3) is 0 Å². The summed E-state index contributed by atoms with van der Waals surface area (Å²) in [6.45, 7) is 2.10. The lowest BCUT2D eigenvalue weighted by Gasteiger charge is -2.07. The highest BCUT2D eigenvalue weighted by Gasteiger charge is 2.09. The number of rotatable bonds is 3. The Labute approximate surface area is 96.9 Å². The maximum atomic E-state index is 12.4. The molecule has 16 heavy (non-hydrogen) atoms. The maximum absolute atomic E-state index is 12.4. The molecule has 0 aliphatic rings. The van der Waals surface area contributed by atoms with Crippen LogP contribution >= 0.6 is 7.80 Å². The first-order valence-corrected chi connectivity index (χ1v) is 6.91. The van der Waals surface area contributed by atoms with Crippen molar-refractivity contribution in [2.45, 2.75) is 13.3 Å². The van der Waals surface area contributed by atoms with Crippen molar-refractivity contribution in [3.8, 4) is 0 Å². The van der Waals surface area contributed by atoms with Crippen LogP contribution in [0.5, 0.6) is 0 Å². The second-order valence-electron chi connectivity index (χ2n) is 3.71. The van der Waals surface area contributed by atoms with Gasteiger partial charge in [-0.05, 0) is 12.0 Å². The molecule has 2 aromatic carbocycles. The van der Waals surface area contributed by atoms with Crippen LogP contribution in [0.2, 0.25) is 0 Å². The third-order valence-electron chi connectivity index (χ3n) is 2.68. The normalized spacial score (nSPS) is 12.3. The Hall–Kier alpha value is -1.33. The molecule has 0 fully saturated rings. The van der Waals surface area contributed by atoms with Gasteiger partial charge >= 0.3 is 0 Å². The fraction of sp³-hybridized carbons (Fsp3) is 0.143. The van der Waals surface area contributed by atoms with E-state index in [9.17, 15) is 4.57 Å². The van der Waals surface area contributed by atoms with Crippen LogP contribution in [0.25, 0.3) is 0 Å². The average molecular weight is 230 g/mol. The van der Waals surface area contributed by atoms with Crippen LogP contribution in [0.15, 0.2) is 54.6 Å². The van der Waals surface area contributed by atoms with Gasteiger partial charge in [0.05, 0.1) is 0 Å². The van der Waals surface area contributed by atoms with E-state index in [0.717, 1.165) is 17.0 Å². The van der Waals surface area contributed by atoms with Gasteiger partial charge in [-0.1, -0.05) is 61.5 Å². The Kier molecular flexibility index (Phi) is 3.58. The molecular weight excluding hydrogens is 215 g/mol. The Morgan fingerprint density at radius 2 is 1.56 bits per heavy atom. The van der Waals surface area contributed by atoms with Gasteiger partial charge in [0, 0.05) is 10.6 Å². The van der Waals surface area contributed by atoms with Crippen molar-refractivity contribution in [1.82, 2.24) is 0 Å². The predicted octanol–water partition coefficient (Wildman–Crippen LogP) is 2.76. The van der Waals surface area contributed by atoms with Gasteiger partial charge < -0.3 is 4.57 Å². The molecule has 2 aromatic rings. The first kappa shape index (κ1) is 11.2. The monoisotopic (exact) mass is 230 g/mol. The quantitative estimate of drug-likeness (QED) is 0.741. The van der Waals surface area contributed by atoms with Gasteiger partial charge in [-0.25, -0.2) is 0 Å². The largest absolute Gasteiger partial charge is 0.317 e. The molecule has 0 aliphatic carbocycles. The molecule has 0 radical (unpaired) electrons. The van der Waals surface area contributed by atoms with Gasteiger partial charge in [-0.3, -0.25) is 0 Å². The molecule has 0 spiro atoms.